The van der Waals surface area contributed by atoms with E-state index in [1.165, 1.54) is 20.3 Å². The van der Waals surface area contributed by atoms with Crippen LogP contribution in [-0.2, 0) is 16.0 Å². The molecule has 0 aliphatic rings. The first kappa shape index (κ1) is 18.3. The van der Waals surface area contributed by atoms with E-state index in [0.717, 1.165) is 12.0 Å². The van der Waals surface area contributed by atoms with E-state index in [0.29, 0.717) is 17.2 Å². The summed E-state index contributed by atoms with van der Waals surface area (Å²) in [7, 11) is 2.96. The van der Waals surface area contributed by atoms with Crippen LogP contribution < -0.4 is 14.8 Å². The molecule has 0 aliphatic carbocycles. The first-order valence-corrected chi connectivity index (χ1v) is 7.86. The zero-order valence-electron chi connectivity index (χ0n) is 14.5. The van der Waals surface area contributed by atoms with Crippen LogP contribution in [0.25, 0.3) is 0 Å². The molecule has 0 heterocycles. The summed E-state index contributed by atoms with van der Waals surface area (Å²) in [5, 5.41) is 2.75. The molecule has 1 N–H and O–H groups in total. The van der Waals surface area contributed by atoms with Crippen molar-refractivity contribution in [2.45, 2.75) is 13.3 Å². The van der Waals surface area contributed by atoms with E-state index in [-0.39, 0.29) is 12.2 Å². The van der Waals surface area contributed by atoms with Crippen molar-refractivity contribution in [3.05, 3.63) is 53.6 Å². The molecular weight excluding hydrogens is 322 g/mol. The van der Waals surface area contributed by atoms with Gasteiger partial charge in [0.25, 0.3) is 5.91 Å². The molecule has 2 aromatic rings. The van der Waals surface area contributed by atoms with Gasteiger partial charge in [0.2, 0.25) is 0 Å². The summed E-state index contributed by atoms with van der Waals surface area (Å²) in [5.41, 5.74) is 1.96. The highest BCUT2D eigenvalue weighted by Crippen LogP contribution is 2.25. The largest absolute Gasteiger partial charge is 0.497 e. The lowest BCUT2D eigenvalue weighted by Crippen LogP contribution is -2.21. The number of hydrogen-bond acceptors (Lipinski definition) is 5. The van der Waals surface area contributed by atoms with Crippen molar-refractivity contribution >= 4 is 17.6 Å². The summed E-state index contributed by atoms with van der Waals surface area (Å²) in [5.74, 6) is -0.163. The molecule has 2 aromatic carbocycles. The van der Waals surface area contributed by atoms with Crippen molar-refractivity contribution in [1.82, 2.24) is 0 Å². The summed E-state index contributed by atoms with van der Waals surface area (Å²) in [4.78, 5) is 24.2. The number of esters is 1. The average Bonchev–Trinajstić information content (AvgIpc) is 2.65. The number of methoxy groups -OCH3 is 2. The molecular formula is C19H21NO5. The van der Waals surface area contributed by atoms with Crippen molar-refractivity contribution in [3.63, 3.8) is 0 Å². The molecule has 0 atom stereocenters. The minimum Gasteiger partial charge on any atom is -0.497 e. The molecule has 2 rings (SSSR count). The van der Waals surface area contributed by atoms with Gasteiger partial charge in [-0.1, -0.05) is 25.1 Å². The summed E-state index contributed by atoms with van der Waals surface area (Å²) in [6.07, 6.45) is 0.791. The van der Waals surface area contributed by atoms with Gasteiger partial charge in [0, 0.05) is 11.8 Å². The number of amides is 1. The summed E-state index contributed by atoms with van der Waals surface area (Å²) in [6.45, 7) is 1.62. The van der Waals surface area contributed by atoms with Crippen molar-refractivity contribution in [2.75, 3.05) is 26.1 Å². The first-order valence-electron chi connectivity index (χ1n) is 7.86. The summed E-state index contributed by atoms with van der Waals surface area (Å²) < 4.78 is 15.3. The van der Waals surface area contributed by atoms with E-state index >= 15 is 0 Å². The van der Waals surface area contributed by atoms with Gasteiger partial charge in [-0.25, -0.2) is 4.79 Å². The van der Waals surface area contributed by atoms with E-state index in [2.05, 4.69) is 5.32 Å². The smallest absolute Gasteiger partial charge is 0.342 e. The lowest BCUT2D eigenvalue weighted by Gasteiger charge is -2.11. The Morgan fingerprint density at radius 1 is 1.04 bits per heavy atom. The maximum absolute atomic E-state index is 12.2. The highest BCUT2D eigenvalue weighted by molar-refractivity contribution is 5.97. The number of nitrogens with one attached hydrogen (secondary N) is 1. The first-order chi connectivity index (χ1) is 12.1. The number of aryl methyl sites for hydroxylation is 1. The van der Waals surface area contributed by atoms with Crippen LogP contribution in [0.2, 0.25) is 0 Å². The van der Waals surface area contributed by atoms with E-state index in [1.807, 2.05) is 31.2 Å². The summed E-state index contributed by atoms with van der Waals surface area (Å²) >= 11 is 0. The molecule has 0 bridgehead atoms. The molecule has 0 saturated carbocycles. The lowest BCUT2D eigenvalue weighted by molar-refractivity contribution is -0.119. The third-order valence-corrected chi connectivity index (χ3v) is 3.64. The highest BCUT2D eigenvalue weighted by atomic mass is 16.5. The Morgan fingerprint density at radius 2 is 1.80 bits per heavy atom. The lowest BCUT2D eigenvalue weighted by atomic mass is 10.1. The number of benzene rings is 2. The Morgan fingerprint density at radius 3 is 2.48 bits per heavy atom. The predicted molar refractivity (Wildman–Crippen MR) is 94.3 cm³/mol. The average molecular weight is 343 g/mol. The Balaban J connectivity index is 1.99. The quantitative estimate of drug-likeness (QED) is 0.782. The molecule has 1 amide bonds. The van der Waals surface area contributed by atoms with Crippen LogP contribution in [-0.4, -0.2) is 32.7 Å². The number of anilines is 1. The van der Waals surface area contributed by atoms with Crippen LogP contribution in [0.1, 0.15) is 22.8 Å². The van der Waals surface area contributed by atoms with Crippen molar-refractivity contribution in [2.24, 2.45) is 0 Å². The molecule has 6 nitrogen and oxygen atoms in total. The van der Waals surface area contributed by atoms with Crippen molar-refractivity contribution in [3.8, 4) is 11.5 Å². The van der Waals surface area contributed by atoms with E-state index < -0.39 is 11.9 Å². The molecule has 6 heteroatoms. The maximum atomic E-state index is 12.2. The minimum atomic E-state index is -0.640. The van der Waals surface area contributed by atoms with Crippen LogP contribution in [0, 0.1) is 0 Å². The van der Waals surface area contributed by atoms with Crippen LogP contribution in [0.4, 0.5) is 5.69 Å². The number of rotatable bonds is 7. The molecule has 0 spiro atoms. The zero-order valence-corrected chi connectivity index (χ0v) is 14.5. The van der Waals surface area contributed by atoms with Crippen LogP contribution >= 0.6 is 0 Å². The second kappa shape index (κ2) is 8.73. The third kappa shape index (κ3) is 4.73. The number of ether oxygens (including phenoxy) is 3. The fourth-order valence-corrected chi connectivity index (χ4v) is 2.31. The topological polar surface area (TPSA) is 73.9 Å². The van der Waals surface area contributed by atoms with Gasteiger partial charge in [-0.05, 0) is 30.2 Å². The molecule has 0 unspecified atom stereocenters. The zero-order chi connectivity index (χ0) is 18.2. The van der Waals surface area contributed by atoms with Crippen molar-refractivity contribution in [1.29, 1.82) is 0 Å². The van der Waals surface area contributed by atoms with Gasteiger partial charge >= 0.3 is 5.97 Å². The molecule has 0 aliphatic heterocycles. The molecule has 0 fully saturated rings. The molecule has 0 saturated heterocycles. The van der Waals surface area contributed by atoms with Crippen molar-refractivity contribution < 1.29 is 23.8 Å². The van der Waals surface area contributed by atoms with Gasteiger partial charge in [-0.2, -0.15) is 0 Å². The molecule has 0 radical (unpaired) electrons. The Kier molecular flexibility index (Phi) is 6.39. The second-order valence-corrected chi connectivity index (χ2v) is 5.20. The Hall–Kier alpha value is -3.02. The van der Waals surface area contributed by atoms with Crippen LogP contribution in [0.5, 0.6) is 11.5 Å². The van der Waals surface area contributed by atoms with Gasteiger partial charge < -0.3 is 19.5 Å². The van der Waals surface area contributed by atoms with Gasteiger partial charge in [-0.15, -0.1) is 0 Å². The normalized spacial score (nSPS) is 10.0. The van der Waals surface area contributed by atoms with Gasteiger partial charge in [-0.3, -0.25) is 4.79 Å². The Labute approximate surface area is 146 Å². The van der Waals surface area contributed by atoms with E-state index in [4.69, 9.17) is 14.2 Å². The molecule has 25 heavy (non-hydrogen) atoms. The number of carbonyl (C=O) groups excluding carboxylic acids is 2. The molecule has 132 valence electrons. The van der Waals surface area contributed by atoms with Crippen LogP contribution in [0.3, 0.4) is 0 Å². The van der Waals surface area contributed by atoms with Crippen LogP contribution in [0.15, 0.2) is 42.5 Å². The third-order valence-electron chi connectivity index (χ3n) is 3.64. The standard InChI is InChI=1S/C19H21NO5/c1-4-13-7-5-6-8-16(13)20-18(21)12-25-19(22)15-10-9-14(23-2)11-17(15)24-3/h5-11H,4,12H2,1-3H3,(H,20,21). The molecule has 0 aromatic heterocycles. The van der Waals surface area contributed by atoms with E-state index in [9.17, 15) is 9.59 Å². The predicted octanol–water partition coefficient (Wildman–Crippen LogP) is 3.06. The number of hydrogen-bond donors (Lipinski definition) is 1. The minimum absolute atomic E-state index is 0.227. The van der Waals surface area contributed by atoms with Gasteiger partial charge in [0.15, 0.2) is 6.61 Å². The number of carbonyl (C=O) groups is 2. The number of para-hydroxylation sites is 1. The van der Waals surface area contributed by atoms with Gasteiger partial charge in [0.1, 0.15) is 17.1 Å². The monoisotopic (exact) mass is 343 g/mol. The summed E-state index contributed by atoms with van der Waals surface area (Å²) in [6, 6.07) is 12.2. The fraction of sp³-hybridized carbons (Fsp3) is 0.263. The maximum Gasteiger partial charge on any atom is 0.342 e. The fourth-order valence-electron chi connectivity index (χ4n) is 2.31. The second-order valence-electron chi connectivity index (χ2n) is 5.20. The van der Waals surface area contributed by atoms with E-state index in [1.54, 1.807) is 12.1 Å². The SMILES string of the molecule is CCc1ccccc1NC(=O)COC(=O)c1ccc(OC)cc1OC. The van der Waals surface area contributed by atoms with Gasteiger partial charge in [0.05, 0.1) is 14.2 Å². The highest BCUT2D eigenvalue weighted by Gasteiger charge is 2.16. The Bertz CT molecular complexity index is 757.